The van der Waals surface area contributed by atoms with E-state index in [0.29, 0.717) is 41.7 Å². The molecule has 4 bridgehead atoms. The molecule has 3 N–H and O–H groups in total. The number of rotatable bonds is 9. The van der Waals surface area contributed by atoms with Crippen molar-refractivity contribution < 1.29 is 24.5 Å². The molecule has 196 valence electrons. The molecule has 0 aromatic heterocycles. The van der Waals surface area contributed by atoms with Crippen molar-refractivity contribution in [2.45, 2.75) is 57.3 Å². The maximum atomic E-state index is 11.2. The fourth-order valence-electron chi connectivity index (χ4n) is 7.33. The van der Waals surface area contributed by atoms with Crippen LogP contribution < -0.4 is 10.1 Å². The van der Waals surface area contributed by atoms with Crippen LogP contribution in [0.2, 0.25) is 5.02 Å². The molecule has 6 rings (SSSR count). The van der Waals surface area contributed by atoms with Gasteiger partial charge in [-0.15, -0.1) is 0 Å². The Labute approximate surface area is 222 Å². The van der Waals surface area contributed by atoms with E-state index < -0.39 is 5.97 Å². The number of carboxylic acids is 1. The van der Waals surface area contributed by atoms with Crippen molar-refractivity contribution in [2.24, 2.45) is 17.8 Å². The Hall–Kier alpha value is -2.99. The van der Waals surface area contributed by atoms with E-state index in [2.05, 4.69) is 11.4 Å². The van der Waals surface area contributed by atoms with Gasteiger partial charge in [-0.2, -0.15) is 0 Å². The van der Waals surface area contributed by atoms with Crippen LogP contribution in [0.3, 0.4) is 0 Å². The second-order valence-electron chi connectivity index (χ2n) is 11.2. The van der Waals surface area contributed by atoms with E-state index in [0.717, 1.165) is 59.8 Å². The summed E-state index contributed by atoms with van der Waals surface area (Å²) >= 11 is 6.80. The number of nitrogens with one attached hydrogen (secondary N) is 1. The maximum absolute atomic E-state index is 11.2. The highest BCUT2D eigenvalue weighted by molar-refractivity contribution is 6.34. The molecule has 0 radical (unpaired) electrons. The topological polar surface area (TPSA) is 95.9 Å². The Bertz CT molecular complexity index is 1200. The minimum atomic E-state index is -1.04. The standard InChI is InChI=1S/C30H34ClNO5/c1-18(33)32-7-2-8-37-27-13-19(3-6-28(35)36)12-25(31)29(27)23-4-5-26(34)24(14-23)30-15-20-9-21(16-30)11-22(10-20)17-30/h3-6,12-14,20-22,34H,2,7-11,15-17H2,1H3,(H,32,33)(H,35,36)/b6-3+. The summed E-state index contributed by atoms with van der Waals surface area (Å²) < 4.78 is 6.14. The number of hydrogen-bond donors (Lipinski definition) is 3. The molecule has 4 aliphatic carbocycles. The highest BCUT2D eigenvalue weighted by atomic mass is 35.5. The van der Waals surface area contributed by atoms with Crippen LogP contribution in [0, 0.1) is 17.8 Å². The first-order valence-electron chi connectivity index (χ1n) is 13.2. The van der Waals surface area contributed by atoms with Gasteiger partial charge in [0, 0.05) is 30.7 Å². The van der Waals surface area contributed by atoms with Crippen LogP contribution in [-0.4, -0.2) is 35.2 Å². The third-order valence-electron chi connectivity index (χ3n) is 8.34. The smallest absolute Gasteiger partial charge is 0.328 e. The van der Waals surface area contributed by atoms with Gasteiger partial charge >= 0.3 is 5.97 Å². The van der Waals surface area contributed by atoms with Gasteiger partial charge in [-0.3, -0.25) is 4.79 Å². The van der Waals surface area contributed by atoms with Gasteiger partial charge in [0.1, 0.15) is 11.5 Å². The predicted octanol–water partition coefficient (Wildman–Crippen LogP) is 6.18. The largest absolute Gasteiger partial charge is 0.508 e. The molecule has 0 aliphatic heterocycles. The lowest BCUT2D eigenvalue weighted by molar-refractivity contribution is -0.131. The summed E-state index contributed by atoms with van der Waals surface area (Å²) in [4.78, 5) is 22.2. The van der Waals surface area contributed by atoms with Gasteiger partial charge < -0.3 is 20.3 Å². The number of phenols is 1. The van der Waals surface area contributed by atoms with Gasteiger partial charge in [0.25, 0.3) is 0 Å². The number of carbonyl (C=O) groups is 2. The normalized spacial score (nSPS) is 25.9. The zero-order valence-corrected chi connectivity index (χ0v) is 21.9. The quantitative estimate of drug-likeness (QED) is 0.269. The average Bonchev–Trinajstić information content (AvgIpc) is 2.82. The van der Waals surface area contributed by atoms with E-state index in [1.54, 1.807) is 18.2 Å². The Balaban J connectivity index is 1.50. The summed E-state index contributed by atoms with van der Waals surface area (Å²) in [6.45, 7) is 2.32. The zero-order valence-electron chi connectivity index (χ0n) is 21.1. The minimum absolute atomic E-state index is 0.0187. The Morgan fingerprint density at radius 1 is 1.11 bits per heavy atom. The molecule has 4 aliphatic rings. The lowest BCUT2D eigenvalue weighted by Crippen LogP contribution is -2.48. The number of hydrogen-bond acceptors (Lipinski definition) is 4. The molecule has 0 heterocycles. The van der Waals surface area contributed by atoms with Crippen LogP contribution in [-0.2, 0) is 15.0 Å². The van der Waals surface area contributed by atoms with Crippen LogP contribution in [0.4, 0.5) is 0 Å². The van der Waals surface area contributed by atoms with Crippen molar-refractivity contribution in [3.8, 4) is 22.6 Å². The maximum Gasteiger partial charge on any atom is 0.328 e. The number of carboxylic acid groups (broad SMARTS) is 1. The molecule has 37 heavy (non-hydrogen) atoms. The molecule has 0 saturated heterocycles. The highest BCUT2D eigenvalue weighted by Gasteiger charge is 2.52. The first kappa shape index (κ1) is 25.7. The lowest BCUT2D eigenvalue weighted by Gasteiger charge is -2.57. The number of amides is 1. The number of halogens is 1. The number of carbonyl (C=O) groups excluding carboxylic acids is 1. The fourth-order valence-corrected chi connectivity index (χ4v) is 7.66. The first-order chi connectivity index (χ1) is 17.7. The van der Waals surface area contributed by atoms with Gasteiger partial charge in [-0.05, 0) is 110 Å². The van der Waals surface area contributed by atoms with E-state index in [4.69, 9.17) is 21.4 Å². The molecule has 0 atom stereocenters. The summed E-state index contributed by atoms with van der Waals surface area (Å²) in [6.07, 6.45) is 10.5. The Kier molecular flexibility index (Phi) is 7.21. The number of benzene rings is 2. The second-order valence-corrected chi connectivity index (χ2v) is 11.6. The number of phenolic OH excluding ortho intramolecular Hbond substituents is 1. The van der Waals surface area contributed by atoms with E-state index in [1.165, 1.54) is 32.3 Å². The second kappa shape index (κ2) is 10.4. The van der Waals surface area contributed by atoms with Gasteiger partial charge in [0.15, 0.2) is 0 Å². The fraction of sp³-hybridized carbons (Fsp3) is 0.467. The summed E-state index contributed by atoms with van der Waals surface area (Å²) in [6, 6.07) is 9.27. The van der Waals surface area contributed by atoms with Crippen LogP contribution in [0.1, 0.15) is 63.0 Å². The molecular weight excluding hydrogens is 490 g/mol. The van der Waals surface area contributed by atoms with E-state index in [1.807, 2.05) is 6.07 Å². The Morgan fingerprint density at radius 2 is 1.78 bits per heavy atom. The highest BCUT2D eigenvalue weighted by Crippen LogP contribution is 2.62. The van der Waals surface area contributed by atoms with Crippen LogP contribution in [0.15, 0.2) is 36.4 Å². The van der Waals surface area contributed by atoms with E-state index >= 15 is 0 Å². The average molecular weight is 524 g/mol. The van der Waals surface area contributed by atoms with Crippen LogP contribution >= 0.6 is 11.6 Å². The van der Waals surface area contributed by atoms with Gasteiger partial charge in [0.2, 0.25) is 5.91 Å². The third-order valence-corrected chi connectivity index (χ3v) is 8.64. The molecule has 4 fully saturated rings. The number of aliphatic carboxylic acids is 1. The summed E-state index contributed by atoms with van der Waals surface area (Å²) in [5.41, 5.74) is 3.25. The summed E-state index contributed by atoms with van der Waals surface area (Å²) in [5.74, 6) is 2.01. The molecule has 6 nitrogen and oxygen atoms in total. The molecule has 0 unspecified atom stereocenters. The molecule has 4 saturated carbocycles. The summed E-state index contributed by atoms with van der Waals surface area (Å²) in [7, 11) is 0. The number of ether oxygens (including phenoxy) is 1. The minimum Gasteiger partial charge on any atom is -0.508 e. The van der Waals surface area contributed by atoms with Gasteiger partial charge in [-0.1, -0.05) is 17.7 Å². The van der Waals surface area contributed by atoms with Crippen LogP contribution in [0.5, 0.6) is 11.5 Å². The van der Waals surface area contributed by atoms with Crippen molar-refractivity contribution in [1.29, 1.82) is 0 Å². The molecular formula is C30H34ClNO5. The van der Waals surface area contributed by atoms with Crippen molar-refractivity contribution in [3.05, 3.63) is 52.6 Å². The predicted molar refractivity (Wildman–Crippen MR) is 144 cm³/mol. The van der Waals surface area contributed by atoms with E-state index in [9.17, 15) is 14.7 Å². The summed E-state index contributed by atoms with van der Waals surface area (Å²) in [5, 5.41) is 23.3. The van der Waals surface area contributed by atoms with Gasteiger partial charge in [-0.25, -0.2) is 4.79 Å². The van der Waals surface area contributed by atoms with Crippen LogP contribution in [0.25, 0.3) is 17.2 Å². The monoisotopic (exact) mass is 523 g/mol. The van der Waals surface area contributed by atoms with Crippen molar-refractivity contribution in [3.63, 3.8) is 0 Å². The first-order valence-corrected chi connectivity index (χ1v) is 13.6. The van der Waals surface area contributed by atoms with Gasteiger partial charge in [0.05, 0.1) is 11.6 Å². The van der Waals surface area contributed by atoms with Crippen molar-refractivity contribution in [1.82, 2.24) is 5.32 Å². The third kappa shape index (κ3) is 5.49. The van der Waals surface area contributed by atoms with Crippen molar-refractivity contribution in [2.75, 3.05) is 13.2 Å². The molecule has 2 aromatic rings. The number of aromatic hydroxyl groups is 1. The van der Waals surface area contributed by atoms with E-state index in [-0.39, 0.29) is 11.3 Å². The lowest BCUT2D eigenvalue weighted by atomic mass is 9.48. The molecule has 0 spiro atoms. The molecule has 1 amide bonds. The molecule has 2 aromatic carbocycles. The Morgan fingerprint density at radius 3 is 2.41 bits per heavy atom. The SMILES string of the molecule is CC(=O)NCCCOc1cc(/C=C/C(=O)O)cc(Cl)c1-c1ccc(O)c(C23CC4CC(CC(C4)C2)C3)c1. The molecule has 7 heteroatoms. The van der Waals surface area contributed by atoms with Crippen molar-refractivity contribution >= 4 is 29.6 Å². The zero-order chi connectivity index (χ0) is 26.2.